The third kappa shape index (κ3) is 4.85. The fraction of sp³-hybridized carbons (Fsp3) is 0.191. The molecule has 7 aromatic rings. The summed E-state index contributed by atoms with van der Waals surface area (Å²) in [5.74, 6) is 0.964. The van der Waals surface area contributed by atoms with E-state index in [1.165, 1.54) is 66.2 Å². The molecule has 2 unspecified atom stereocenters. The fourth-order valence-electron chi connectivity index (χ4n) is 9.53. The Hall–Kier alpha value is -5.02. The summed E-state index contributed by atoms with van der Waals surface area (Å²) in [4.78, 5) is 5.69. The minimum Gasteiger partial charge on any atom is -0.280 e. The van der Waals surface area contributed by atoms with Crippen molar-refractivity contribution in [3.05, 3.63) is 174 Å². The summed E-state index contributed by atoms with van der Waals surface area (Å²) in [7, 11) is 0. The van der Waals surface area contributed by atoms with Gasteiger partial charge in [0.1, 0.15) is 0 Å². The largest absolute Gasteiger partial charge is 0.280 e. The Morgan fingerprint density at radius 1 is 0.469 bits per heavy atom. The molecular formula is C47H40N2. The van der Waals surface area contributed by atoms with Gasteiger partial charge in [0.05, 0.1) is 6.17 Å². The Kier molecular flexibility index (Phi) is 6.99. The molecule has 0 N–H and O–H groups in total. The van der Waals surface area contributed by atoms with Crippen molar-refractivity contribution in [2.45, 2.75) is 32.1 Å². The van der Waals surface area contributed by atoms with E-state index < -0.39 is 0 Å². The van der Waals surface area contributed by atoms with Crippen LogP contribution in [0.4, 0.5) is 0 Å². The van der Waals surface area contributed by atoms with Gasteiger partial charge in [0.25, 0.3) is 0 Å². The molecule has 2 heteroatoms. The van der Waals surface area contributed by atoms with Crippen LogP contribution in [0.5, 0.6) is 0 Å². The predicted molar refractivity (Wildman–Crippen MR) is 206 cm³/mol. The van der Waals surface area contributed by atoms with Crippen LogP contribution in [-0.2, 0) is 13.1 Å². The SMILES string of the molecule is C1=CC2CC1C(c1ccccc1)=C2C1N(Cc2c3ccccc3cc3ccccc23)CCCN1Cc1c2ccccc2cc2ccccc12. The summed E-state index contributed by atoms with van der Waals surface area (Å²) in [6, 6.07) is 52.1. The second-order valence-electron chi connectivity index (χ2n) is 14.3. The lowest BCUT2D eigenvalue weighted by molar-refractivity contribution is 0.0137. The first-order valence-electron chi connectivity index (χ1n) is 18.0. The molecule has 0 spiro atoms. The molecule has 1 saturated heterocycles. The predicted octanol–water partition coefficient (Wildman–Crippen LogP) is 11.0. The molecule has 238 valence electrons. The summed E-state index contributed by atoms with van der Waals surface area (Å²) in [5.41, 5.74) is 7.51. The number of benzene rings is 7. The van der Waals surface area contributed by atoms with Gasteiger partial charge in [-0.3, -0.25) is 9.80 Å². The van der Waals surface area contributed by atoms with Gasteiger partial charge in [0.2, 0.25) is 0 Å². The highest BCUT2D eigenvalue weighted by molar-refractivity contribution is 6.03. The van der Waals surface area contributed by atoms with Crippen molar-refractivity contribution >= 4 is 48.7 Å². The standard InChI is InChI=1S/C47H40N2/c1-2-13-32(14-3-1)45-37-23-24-38(29-37)46(45)47-48(30-43-39-19-8-4-15-33(39)27-34-16-5-9-20-40(34)43)25-12-26-49(47)31-44-41-21-10-6-17-35(41)28-36-18-7-11-22-42(36)44/h1-11,13-24,27-28,37-38,47H,12,25-26,29-31H2. The Morgan fingerprint density at radius 3 is 1.39 bits per heavy atom. The van der Waals surface area contributed by atoms with Gasteiger partial charge in [-0.25, -0.2) is 0 Å². The highest BCUT2D eigenvalue weighted by Gasteiger charge is 2.44. The molecule has 0 aromatic heterocycles. The van der Waals surface area contributed by atoms with Crippen molar-refractivity contribution in [2.75, 3.05) is 13.1 Å². The highest BCUT2D eigenvalue weighted by Crippen LogP contribution is 2.52. The molecule has 1 aliphatic heterocycles. The molecule has 2 nitrogen and oxygen atoms in total. The number of hydrogen-bond donors (Lipinski definition) is 0. The van der Waals surface area contributed by atoms with E-state index in [4.69, 9.17) is 0 Å². The van der Waals surface area contributed by atoms with Crippen molar-refractivity contribution in [3.8, 4) is 0 Å². The maximum atomic E-state index is 2.85. The lowest BCUT2D eigenvalue weighted by Gasteiger charge is -2.47. The van der Waals surface area contributed by atoms with Crippen molar-refractivity contribution < 1.29 is 0 Å². The monoisotopic (exact) mass is 632 g/mol. The minimum absolute atomic E-state index is 0.208. The third-order valence-corrected chi connectivity index (χ3v) is 11.6. The van der Waals surface area contributed by atoms with Gasteiger partial charge in [-0.2, -0.15) is 0 Å². The van der Waals surface area contributed by atoms with Crippen LogP contribution in [0.1, 0.15) is 29.5 Å². The Bertz CT molecular complexity index is 2200. The van der Waals surface area contributed by atoms with E-state index in [2.05, 4.69) is 161 Å². The van der Waals surface area contributed by atoms with Crippen LogP contribution in [0.15, 0.2) is 157 Å². The molecule has 2 bridgehead atoms. The van der Waals surface area contributed by atoms with Gasteiger partial charge in [-0.1, -0.05) is 140 Å². The Morgan fingerprint density at radius 2 is 0.898 bits per heavy atom. The van der Waals surface area contributed by atoms with E-state index in [0.29, 0.717) is 11.8 Å². The van der Waals surface area contributed by atoms with Crippen LogP contribution in [0.25, 0.3) is 48.7 Å². The molecule has 0 radical (unpaired) electrons. The van der Waals surface area contributed by atoms with E-state index in [9.17, 15) is 0 Å². The van der Waals surface area contributed by atoms with E-state index in [1.54, 1.807) is 11.1 Å². The maximum Gasteiger partial charge on any atom is 0.0862 e. The maximum absolute atomic E-state index is 2.85. The van der Waals surface area contributed by atoms with E-state index in [1.807, 2.05) is 0 Å². The summed E-state index contributed by atoms with van der Waals surface area (Å²) >= 11 is 0. The number of fused-ring (bicyclic) bond motifs is 6. The molecule has 1 heterocycles. The Labute approximate surface area is 288 Å². The van der Waals surface area contributed by atoms with Gasteiger partial charge >= 0.3 is 0 Å². The van der Waals surface area contributed by atoms with Crippen molar-refractivity contribution in [2.24, 2.45) is 11.8 Å². The molecule has 2 aliphatic carbocycles. The van der Waals surface area contributed by atoms with Gasteiger partial charge in [-0.05, 0) is 95.9 Å². The second kappa shape index (κ2) is 11.8. The van der Waals surface area contributed by atoms with Crippen LogP contribution in [-0.4, -0.2) is 29.1 Å². The minimum atomic E-state index is 0.208. The first-order chi connectivity index (χ1) is 24.3. The molecule has 49 heavy (non-hydrogen) atoms. The van der Waals surface area contributed by atoms with Crippen molar-refractivity contribution in [3.63, 3.8) is 0 Å². The zero-order chi connectivity index (χ0) is 32.3. The van der Waals surface area contributed by atoms with Crippen molar-refractivity contribution in [1.82, 2.24) is 9.80 Å². The zero-order valence-corrected chi connectivity index (χ0v) is 27.8. The molecular weight excluding hydrogens is 593 g/mol. The van der Waals surface area contributed by atoms with Gasteiger partial charge in [0.15, 0.2) is 0 Å². The summed E-state index contributed by atoms with van der Waals surface area (Å²) in [6.45, 7) is 4.02. The molecule has 0 amide bonds. The van der Waals surface area contributed by atoms with Crippen LogP contribution in [0.3, 0.4) is 0 Å². The average molecular weight is 633 g/mol. The van der Waals surface area contributed by atoms with Crippen LogP contribution in [0, 0.1) is 11.8 Å². The summed E-state index contributed by atoms with van der Waals surface area (Å²) in [6.07, 6.45) is 7.58. The fourth-order valence-corrected chi connectivity index (χ4v) is 9.53. The van der Waals surface area contributed by atoms with Gasteiger partial charge < -0.3 is 0 Å². The topological polar surface area (TPSA) is 6.48 Å². The molecule has 2 atom stereocenters. The quantitative estimate of drug-likeness (QED) is 0.133. The molecule has 10 rings (SSSR count). The number of hydrogen-bond acceptors (Lipinski definition) is 2. The number of allylic oxidation sites excluding steroid dienone is 3. The number of nitrogens with zero attached hydrogens (tertiary/aromatic N) is 2. The normalized spacial score (nSPS) is 20.1. The first kappa shape index (κ1) is 28.9. The van der Waals surface area contributed by atoms with Crippen LogP contribution >= 0.6 is 0 Å². The van der Waals surface area contributed by atoms with E-state index in [-0.39, 0.29) is 6.17 Å². The second-order valence-corrected chi connectivity index (χ2v) is 14.3. The number of rotatable bonds is 6. The van der Waals surface area contributed by atoms with E-state index >= 15 is 0 Å². The Balaban J connectivity index is 1.17. The molecule has 0 saturated carbocycles. The van der Waals surface area contributed by atoms with Crippen LogP contribution < -0.4 is 0 Å². The molecule has 1 fully saturated rings. The van der Waals surface area contributed by atoms with Crippen LogP contribution in [0.2, 0.25) is 0 Å². The first-order valence-corrected chi connectivity index (χ1v) is 18.0. The third-order valence-electron chi connectivity index (χ3n) is 11.6. The van der Waals surface area contributed by atoms with Gasteiger partial charge in [0, 0.05) is 38.0 Å². The smallest absolute Gasteiger partial charge is 0.0862 e. The summed E-state index contributed by atoms with van der Waals surface area (Å²) < 4.78 is 0. The highest BCUT2D eigenvalue weighted by atomic mass is 15.4. The zero-order valence-electron chi connectivity index (χ0n) is 27.8. The van der Waals surface area contributed by atoms with Gasteiger partial charge in [-0.15, -0.1) is 0 Å². The molecule has 3 aliphatic rings. The molecule has 7 aromatic carbocycles. The summed E-state index contributed by atoms with van der Waals surface area (Å²) in [5, 5.41) is 10.8. The van der Waals surface area contributed by atoms with Crippen molar-refractivity contribution in [1.29, 1.82) is 0 Å². The lowest BCUT2D eigenvalue weighted by atomic mass is 9.87. The lowest BCUT2D eigenvalue weighted by Crippen LogP contribution is -2.54. The van der Waals surface area contributed by atoms with E-state index in [0.717, 1.165) is 32.6 Å². The average Bonchev–Trinajstić information content (AvgIpc) is 3.78.